The van der Waals surface area contributed by atoms with Crippen molar-refractivity contribution in [2.24, 2.45) is 5.84 Å². The zero-order valence-corrected chi connectivity index (χ0v) is 11.0. The van der Waals surface area contributed by atoms with Crippen LogP contribution in [-0.2, 0) is 9.53 Å². The first-order valence-electron chi connectivity index (χ1n) is 5.77. The zero-order chi connectivity index (χ0) is 13.8. The monoisotopic (exact) mass is 284 g/mol. The molecular formula is C10H16N6O2S. The summed E-state index contributed by atoms with van der Waals surface area (Å²) in [6.45, 7) is 0. The molecule has 1 aliphatic heterocycles. The molecule has 0 saturated carbocycles. The number of thioether (sulfide) groups is 1. The third-order valence-corrected chi connectivity index (χ3v) is 3.67. The summed E-state index contributed by atoms with van der Waals surface area (Å²) in [7, 11) is 0. The normalized spacial score (nSPS) is 22.4. The predicted octanol–water partition coefficient (Wildman–Crippen LogP) is -0.729. The van der Waals surface area contributed by atoms with Crippen molar-refractivity contribution < 1.29 is 9.53 Å². The van der Waals surface area contributed by atoms with Gasteiger partial charge in [-0.2, -0.15) is 0 Å². The Hall–Kier alpha value is -1.58. The zero-order valence-electron chi connectivity index (χ0n) is 10.2. The molecule has 0 aromatic carbocycles. The van der Waals surface area contributed by atoms with Crippen LogP contribution in [-0.4, -0.2) is 33.8 Å². The van der Waals surface area contributed by atoms with E-state index in [1.54, 1.807) is 0 Å². The number of hydrogen-bond donors (Lipinski definition) is 4. The van der Waals surface area contributed by atoms with E-state index in [0.717, 1.165) is 6.42 Å². The van der Waals surface area contributed by atoms with Gasteiger partial charge in [-0.1, -0.05) is 11.8 Å². The molecule has 19 heavy (non-hydrogen) atoms. The smallest absolute Gasteiger partial charge is 0.263 e. The maximum absolute atomic E-state index is 11.3. The summed E-state index contributed by atoms with van der Waals surface area (Å²) in [5, 5.41) is 0.507. The Morgan fingerprint density at radius 1 is 1.42 bits per heavy atom. The van der Waals surface area contributed by atoms with Gasteiger partial charge in [-0.25, -0.2) is 15.8 Å². The molecule has 8 nitrogen and oxygen atoms in total. The van der Waals surface area contributed by atoms with Gasteiger partial charge in [0.25, 0.3) is 5.91 Å². The van der Waals surface area contributed by atoms with Gasteiger partial charge in [0.05, 0.1) is 6.10 Å². The number of hydrogen-bond acceptors (Lipinski definition) is 8. The van der Waals surface area contributed by atoms with Gasteiger partial charge in [-0.05, 0) is 12.8 Å². The Morgan fingerprint density at radius 3 is 2.74 bits per heavy atom. The van der Waals surface area contributed by atoms with Crippen molar-refractivity contribution in [2.75, 3.05) is 17.2 Å². The van der Waals surface area contributed by atoms with Crippen LogP contribution >= 0.6 is 11.8 Å². The number of carbonyl (C=O) groups excluding carboxylic acids is 1. The van der Waals surface area contributed by atoms with Crippen LogP contribution < -0.4 is 22.7 Å². The minimum atomic E-state index is -0.470. The van der Waals surface area contributed by atoms with Gasteiger partial charge >= 0.3 is 0 Å². The SMILES string of the molecule is NNC(=O)C1CCC(CSc2nc(N)cc(N)n2)O1. The van der Waals surface area contributed by atoms with Crippen molar-refractivity contribution in [3.05, 3.63) is 6.07 Å². The van der Waals surface area contributed by atoms with Gasteiger partial charge in [0, 0.05) is 11.8 Å². The molecule has 1 aromatic rings. The van der Waals surface area contributed by atoms with E-state index in [0.29, 0.717) is 29.0 Å². The van der Waals surface area contributed by atoms with Crippen LogP contribution in [0.2, 0.25) is 0 Å². The Kier molecular flexibility index (Phi) is 4.40. The van der Waals surface area contributed by atoms with Crippen molar-refractivity contribution in [1.29, 1.82) is 0 Å². The third kappa shape index (κ3) is 3.69. The molecule has 2 unspecified atom stereocenters. The summed E-state index contributed by atoms with van der Waals surface area (Å²) >= 11 is 1.40. The Bertz CT molecular complexity index is 451. The summed E-state index contributed by atoms with van der Waals surface area (Å²) in [6.07, 6.45) is 0.956. The standard InChI is InChI=1S/C10H16N6O2S/c11-7-3-8(12)15-10(14-7)19-4-5-1-2-6(18-5)9(17)16-13/h3,5-6H,1-2,4,13H2,(H,16,17)(H4,11,12,14,15). The maximum Gasteiger partial charge on any atom is 0.263 e. The highest BCUT2D eigenvalue weighted by Gasteiger charge is 2.30. The van der Waals surface area contributed by atoms with Gasteiger partial charge in [0.15, 0.2) is 5.16 Å². The third-order valence-electron chi connectivity index (χ3n) is 2.69. The summed E-state index contributed by atoms with van der Waals surface area (Å²) in [5.74, 6) is 6.08. The molecule has 0 spiro atoms. The van der Waals surface area contributed by atoms with Crippen LogP contribution in [0.5, 0.6) is 0 Å². The van der Waals surface area contributed by atoms with Gasteiger partial charge in [0.2, 0.25) is 0 Å². The second-order valence-corrected chi connectivity index (χ2v) is 5.13. The number of nitrogens with one attached hydrogen (secondary N) is 1. The number of carbonyl (C=O) groups is 1. The lowest BCUT2D eigenvalue weighted by molar-refractivity contribution is -0.131. The van der Waals surface area contributed by atoms with E-state index in [1.807, 2.05) is 0 Å². The highest BCUT2D eigenvalue weighted by Crippen LogP contribution is 2.25. The molecule has 2 rings (SSSR count). The first kappa shape index (κ1) is 13.8. The molecule has 1 saturated heterocycles. The molecule has 1 amide bonds. The van der Waals surface area contributed by atoms with Crippen molar-refractivity contribution in [1.82, 2.24) is 15.4 Å². The number of nitrogens with zero attached hydrogens (tertiary/aromatic N) is 2. The fraction of sp³-hybridized carbons (Fsp3) is 0.500. The number of ether oxygens (including phenoxy) is 1. The van der Waals surface area contributed by atoms with E-state index in [2.05, 4.69) is 15.4 Å². The summed E-state index contributed by atoms with van der Waals surface area (Å²) in [4.78, 5) is 19.4. The molecule has 1 fully saturated rings. The van der Waals surface area contributed by atoms with Crippen molar-refractivity contribution in [3.8, 4) is 0 Å². The van der Waals surface area contributed by atoms with E-state index in [-0.39, 0.29) is 12.0 Å². The maximum atomic E-state index is 11.3. The second kappa shape index (κ2) is 6.04. The average Bonchev–Trinajstić information content (AvgIpc) is 2.83. The molecular weight excluding hydrogens is 268 g/mol. The van der Waals surface area contributed by atoms with E-state index >= 15 is 0 Å². The quantitative estimate of drug-likeness (QED) is 0.186. The van der Waals surface area contributed by atoms with E-state index in [1.165, 1.54) is 17.8 Å². The fourth-order valence-electron chi connectivity index (χ4n) is 1.81. The van der Waals surface area contributed by atoms with Gasteiger partial charge in [-0.15, -0.1) is 0 Å². The predicted molar refractivity (Wildman–Crippen MR) is 71.8 cm³/mol. The minimum Gasteiger partial charge on any atom is -0.383 e. The molecule has 0 radical (unpaired) electrons. The first-order chi connectivity index (χ1) is 9.08. The lowest BCUT2D eigenvalue weighted by atomic mass is 10.2. The Labute approximate surface area is 114 Å². The number of rotatable bonds is 4. The van der Waals surface area contributed by atoms with Crippen molar-refractivity contribution >= 4 is 29.3 Å². The molecule has 1 aromatic heterocycles. The molecule has 1 aliphatic rings. The molecule has 2 atom stereocenters. The summed E-state index contributed by atoms with van der Waals surface area (Å²) in [5.41, 5.74) is 13.2. The van der Waals surface area contributed by atoms with Crippen LogP contribution in [0, 0.1) is 0 Å². The number of anilines is 2. The molecule has 7 N–H and O–H groups in total. The topological polar surface area (TPSA) is 142 Å². The molecule has 104 valence electrons. The second-order valence-electron chi connectivity index (χ2n) is 4.14. The van der Waals surface area contributed by atoms with Crippen LogP contribution in [0.25, 0.3) is 0 Å². The molecule has 9 heteroatoms. The lowest BCUT2D eigenvalue weighted by Gasteiger charge is -2.11. The van der Waals surface area contributed by atoms with Crippen LogP contribution in [0.4, 0.5) is 11.6 Å². The average molecular weight is 284 g/mol. The largest absolute Gasteiger partial charge is 0.383 e. The highest BCUT2D eigenvalue weighted by atomic mass is 32.2. The van der Waals surface area contributed by atoms with Gasteiger partial charge < -0.3 is 16.2 Å². The first-order valence-corrected chi connectivity index (χ1v) is 6.76. The van der Waals surface area contributed by atoms with Gasteiger partial charge in [0.1, 0.15) is 17.7 Å². The van der Waals surface area contributed by atoms with Crippen LogP contribution in [0.1, 0.15) is 12.8 Å². The molecule has 0 aliphatic carbocycles. The van der Waals surface area contributed by atoms with Crippen LogP contribution in [0.3, 0.4) is 0 Å². The van der Waals surface area contributed by atoms with Gasteiger partial charge in [-0.3, -0.25) is 10.2 Å². The van der Waals surface area contributed by atoms with E-state index in [9.17, 15) is 4.79 Å². The lowest BCUT2D eigenvalue weighted by Crippen LogP contribution is -2.39. The summed E-state index contributed by atoms with van der Waals surface area (Å²) in [6, 6.07) is 1.50. The minimum absolute atomic E-state index is 0.0291. The number of amides is 1. The van der Waals surface area contributed by atoms with Crippen LogP contribution in [0.15, 0.2) is 11.2 Å². The molecule has 2 heterocycles. The Balaban J connectivity index is 1.85. The molecule has 0 bridgehead atoms. The summed E-state index contributed by atoms with van der Waals surface area (Å²) < 4.78 is 5.57. The van der Waals surface area contributed by atoms with E-state index in [4.69, 9.17) is 22.0 Å². The highest BCUT2D eigenvalue weighted by molar-refractivity contribution is 7.99. The Morgan fingerprint density at radius 2 is 2.11 bits per heavy atom. The number of nitrogens with two attached hydrogens (primary N) is 3. The van der Waals surface area contributed by atoms with E-state index < -0.39 is 6.10 Å². The van der Waals surface area contributed by atoms with Crippen molar-refractivity contribution in [3.63, 3.8) is 0 Å². The number of aromatic nitrogens is 2. The number of nitrogen functional groups attached to an aromatic ring is 2. The fourth-order valence-corrected chi connectivity index (χ4v) is 2.73. The number of hydrazine groups is 1. The van der Waals surface area contributed by atoms with Crippen molar-refractivity contribution in [2.45, 2.75) is 30.2 Å².